The summed E-state index contributed by atoms with van der Waals surface area (Å²) in [5.74, 6) is 0. The van der Waals surface area contributed by atoms with Crippen molar-refractivity contribution < 1.29 is 46.7 Å². The van der Waals surface area contributed by atoms with Crippen molar-refractivity contribution in [1.82, 2.24) is 0 Å². The van der Waals surface area contributed by atoms with Crippen LogP contribution in [-0.4, -0.2) is 19.1 Å². The van der Waals surface area contributed by atoms with Gasteiger partial charge in [0.2, 0.25) is 10.4 Å². The fraction of sp³-hybridized carbons (Fsp3) is 1.00. The predicted molar refractivity (Wildman–Crippen MR) is 44.4 cm³/mol. The van der Waals surface area contributed by atoms with Gasteiger partial charge in [0.25, 0.3) is 0 Å². The number of hydrogen-bond acceptors (Lipinski definition) is 4. The van der Waals surface area contributed by atoms with Gasteiger partial charge in [0.1, 0.15) is 0 Å². The summed E-state index contributed by atoms with van der Waals surface area (Å²) in [4.78, 5) is 0. The zero-order valence-corrected chi connectivity index (χ0v) is 11.3. The third kappa shape index (κ3) is 10.8. The quantitative estimate of drug-likeness (QED) is 0.307. The van der Waals surface area contributed by atoms with E-state index in [2.05, 4.69) is 4.18 Å². The Labute approximate surface area is 102 Å². The van der Waals surface area contributed by atoms with Crippen LogP contribution >= 0.6 is 0 Å². The minimum Gasteiger partial charge on any atom is -0.726 e. The van der Waals surface area contributed by atoms with E-state index in [0.29, 0.717) is 12.8 Å². The van der Waals surface area contributed by atoms with E-state index in [-0.39, 0.29) is 29.6 Å². The topological polar surface area (TPSA) is 66.4 Å². The van der Waals surface area contributed by atoms with Gasteiger partial charge in [0.15, 0.2) is 0 Å². The van der Waals surface area contributed by atoms with Gasteiger partial charge in [-0.15, -0.1) is 0 Å². The standard InChI is InChI=1S/C7H16O4S.Na/c1-3-5-6-7(4-2)11-12(8,9)10;/h7H,3-6H2,1-2H3,(H,8,9,10);/q;+1/p-1. The van der Waals surface area contributed by atoms with Crippen LogP contribution in [0.15, 0.2) is 0 Å². The first-order valence-corrected chi connectivity index (χ1v) is 5.47. The molecule has 74 valence electrons. The number of unbranched alkanes of at least 4 members (excludes halogenated alkanes) is 1. The van der Waals surface area contributed by atoms with Crippen LogP contribution in [0.2, 0.25) is 0 Å². The van der Waals surface area contributed by atoms with Crippen molar-refractivity contribution in [2.45, 2.75) is 45.6 Å². The van der Waals surface area contributed by atoms with E-state index in [1.54, 1.807) is 6.92 Å². The van der Waals surface area contributed by atoms with Gasteiger partial charge in [-0.2, -0.15) is 0 Å². The molecule has 13 heavy (non-hydrogen) atoms. The molecule has 1 unspecified atom stereocenters. The summed E-state index contributed by atoms with van der Waals surface area (Å²) in [7, 11) is -4.52. The zero-order chi connectivity index (χ0) is 9.61. The minimum atomic E-state index is -4.52. The molecule has 0 aromatic heterocycles. The SMILES string of the molecule is CCCCC(CC)OS(=O)(=O)[O-].[Na+]. The molecule has 0 saturated heterocycles. The second-order valence-corrected chi connectivity index (χ2v) is 3.69. The molecule has 0 heterocycles. The van der Waals surface area contributed by atoms with Gasteiger partial charge < -0.3 is 4.55 Å². The van der Waals surface area contributed by atoms with Crippen LogP contribution in [0.1, 0.15) is 39.5 Å². The maximum atomic E-state index is 10.2. The van der Waals surface area contributed by atoms with Gasteiger partial charge >= 0.3 is 29.6 Å². The van der Waals surface area contributed by atoms with Crippen molar-refractivity contribution in [1.29, 1.82) is 0 Å². The van der Waals surface area contributed by atoms with Crippen LogP contribution in [0.25, 0.3) is 0 Å². The van der Waals surface area contributed by atoms with Crippen molar-refractivity contribution in [2.24, 2.45) is 0 Å². The van der Waals surface area contributed by atoms with Crippen LogP contribution in [0, 0.1) is 0 Å². The second-order valence-electron chi connectivity index (χ2n) is 2.68. The summed E-state index contributed by atoms with van der Waals surface area (Å²) in [6.45, 7) is 3.80. The summed E-state index contributed by atoms with van der Waals surface area (Å²) in [5, 5.41) is 0. The molecule has 6 heteroatoms. The van der Waals surface area contributed by atoms with Crippen molar-refractivity contribution in [3.8, 4) is 0 Å². The molecule has 0 N–H and O–H groups in total. The average Bonchev–Trinajstić information content (AvgIpc) is 1.95. The van der Waals surface area contributed by atoms with E-state index >= 15 is 0 Å². The Morgan fingerprint density at radius 3 is 2.23 bits per heavy atom. The van der Waals surface area contributed by atoms with Gasteiger partial charge in [0, 0.05) is 0 Å². The monoisotopic (exact) mass is 218 g/mol. The molecule has 0 aliphatic heterocycles. The Kier molecular flexibility index (Phi) is 10.3. The molecule has 0 aliphatic carbocycles. The third-order valence-corrected chi connectivity index (χ3v) is 2.10. The van der Waals surface area contributed by atoms with E-state index in [1.165, 1.54) is 0 Å². The predicted octanol–water partition coefficient (Wildman–Crippen LogP) is -1.56. The number of rotatable bonds is 6. The van der Waals surface area contributed by atoms with E-state index < -0.39 is 16.5 Å². The summed E-state index contributed by atoms with van der Waals surface area (Å²) in [6.07, 6.45) is 2.61. The summed E-state index contributed by atoms with van der Waals surface area (Å²) >= 11 is 0. The van der Waals surface area contributed by atoms with E-state index in [4.69, 9.17) is 0 Å². The molecule has 0 radical (unpaired) electrons. The van der Waals surface area contributed by atoms with Gasteiger partial charge in [-0.25, -0.2) is 8.42 Å². The summed E-state index contributed by atoms with van der Waals surface area (Å²) in [6, 6.07) is 0. The molecular weight excluding hydrogens is 203 g/mol. The Balaban J connectivity index is 0. The van der Waals surface area contributed by atoms with E-state index in [1.807, 2.05) is 6.92 Å². The van der Waals surface area contributed by atoms with Crippen molar-refractivity contribution in [2.75, 3.05) is 0 Å². The first-order valence-electron chi connectivity index (χ1n) is 4.13. The van der Waals surface area contributed by atoms with E-state index in [0.717, 1.165) is 12.8 Å². The van der Waals surface area contributed by atoms with Crippen LogP contribution < -0.4 is 29.6 Å². The maximum Gasteiger partial charge on any atom is 1.00 e. The fourth-order valence-electron chi connectivity index (χ4n) is 0.919. The Morgan fingerprint density at radius 1 is 1.38 bits per heavy atom. The summed E-state index contributed by atoms with van der Waals surface area (Å²) < 4.78 is 34.9. The Bertz CT molecular complexity index is 203. The van der Waals surface area contributed by atoms with Crippen LogP contribution in [0.4, 0.5) is 0 Å². The number of hydrogen-bond donors (Lipinski definition) is 0. The molecule has 0 rings (SSSR count). The van der Waals surface area contributed by atoms with E-state index in [9.17, 15) is 13.0 Å². The molecule has 0 bridgehead atoms. The largest absolute Gasteiger partial charge is 1.00 e. The molecule has 0 aromatic rings. The first-order chi connectivity index (χ1) is 5.49. The van der Waals surface area contributed by atoms with Crippen LogP contribution in [0.3, 0.4) is 0 Å². The molecule has 0 fully saturated rings. The molecule has 0 aliphatic rings. The first kappa shape index (κ1) is 16.3. The summed E-state index contributed by atoms with van der Waals surface area (Å²) in [5.41, 5.74) is 0. The molecule has 0 amide bonds. The molecule has 1 atom stereocenters. The van der Waals surface area contributed by atoms with Crippen molar-refractivity contribution in [3.63, 3.8) is 0 Å². The van der Waals surface area contributed by atoms with Crippen LogP contribution in [0.5, 0.6) is 0 Å². The van der Waals surface area contributed by atoms with Crippen molar-refractivity contribution in [3.05, 3.63) is 0 Å². The van der Waals surface area contributed by atoms with Gasteiger partial charge in [-0.1, -0.05) is 26.7 Å². The average molecular weight is 218 g/mol. The van der Waals surface area contributed by atoms with Crippen molar-refractivity contribution >= 4 is 10.4 Å². The normalized spacial score (nSPS) is 13.5. The molecular formula is C7H15NaO4S. The Hall–Kier alpha value is 0.870. The molecule has 4 nitrogen and oxygen atoms in total. The Morgan fingerprint density at radius 2 is 1.92 bits per heavy atom. The van der Waals surface area contributed by atoms with Gasteiger partial charge in [0.05, 0.1) is 6.10 Å². The zero-order valence-electron chi connectivity index (χ0n) is 8.45. The van der Waals surface area contributed by atoms with Crippen LogP contribution in [-0.2, 0) is 14.6 Å². The fourth-order valence-corrected chi connectivity index (χ4v) is 1.48. The maximum absolute atomic E-state index is 10.2. The van der Waals surface area contributed by atoms with Gasteiger partial charge in [-0.05, 0) is 12.8 Å². The smallest absolute Gasteiger partial charge is 0.726 e. The van der Waals surface area contributed by atoms with Gasteiger partial charge in [-0.3, -0.25) is 4.18 Å². The minimum absolute atomic E-state index is 0. The second kappa shape index (κ2) is 8.20. The molecule has 0 aromatic carbocycles. The molecule has 0 spiro atoms. The third-order valence-electron chi connectivity index (χ3n) is 1.59. The molecule has 0 saturated carbocycles.